The summed E-state index contributed by atoms with van der Waals surface area (Å²) in [7, 11) is 0. The van der Waals surface area contributed by atoms with Gasteiger partial charge in [-0.1, -0.05) is 269 Å². The van der Waals surface area contributed by atoms with Gasteiger partial charge in [0.15, 0.2) is 0 Å². The van der Waals surface area contributed by atoms with Crippen molar-refractivity contribution >= 4 is 11.9 Å². The standard InChI is InChI=1S/C57H109NO5/c1-3-5-7-9-11-13-15-17-19-20-21-22-23-27-31-35-39-43-47-51-57(62)63-52-48-44-40-36-32-28-24-26-30-34-38-42-46-50-56(61)58-54(53-59)55(60)49-45-41-37-33-29-25-18-16-14-12-10-8-6-4-2/h26,30,38,42,54-55,59-60H,3-25,27-29,31-37,39-41,43-53H2,1-2H3,(H,58,61)/b30-26-,42-38-. The second-order valence-corrected chi connectivity index (χ2v) is 19.3. The van der Waals surface area contributed by atoms with Gasteiger partial charge in [-0.15, -0.1) is 0 Å². The van der Waals surface area contributed by atoms with Crippen molar-refractivity contribution in [2.45, 2.75) is 315 Å². The first-order valence-corrected chi connectivity index (χ1v) is 28.1. The van der Waals surface area contributed by atoms with Crippen LogP contribution >= 0.6 is 0 Å². The van der Waals surface area contributed by atoms with E-state index >= 15 is 0 Å². The van der Waals surface area contributed by atoms with Gasteiger partial charge in [-0.05, 0) is 44.9 Å². The number of rotatable bonds is 52. The number of carbonyl (C=O) groups excluding carboxylic acids is 2. The molecule has 0 rings (SSSR count). The van der Waals surface area contributed by atoms with Crippen LogP contribution in [-0.4, -0.2) is 47.4 Å². The Morgan fingerprint density at radius 1 is 0.444 bits per heavy atom. The lowest BCUT2D eigenvalue weighted by Crippen LogP contribution is -2.45. The number of aliphatic hydroxyl groups excluding tert-OH is 2. The van der Waals surface area contributed by atoms with Crippen LogP contribution in [0.25, 0.3) is 0 Å². The SMILES string of the molecule is CCCCCCCCCCCCCCCCCCCCCC(=O)OCCCCCCCC/C=C\C/C=C\CCC(=O)NC(CO)C(O)CCCCCCCCCCCCCCCC. The van der Waals surface area contributed by atoms with Crippen molar-refractivity contribution in [2.24, 2.45) is 0 Å². The third-order valence-electron chi connectivity index (χ3n) is 13.0. The lowest BCUT2D eigenvalue weighted by atomic mass is 10.0. The van der Waals surface area contributed by atoms with Crippen molar-refractivity contribution < 1.29 is 24.5 Å². The monoisotopic (exact) mass is 888 g/mol. The van der Waals surface area contributed by atoms with Gasteiger partial charge in [-0.25, -0.2) is 0 Å². The number of aliphatic hydroxyl groups is 2. The fraction of sp³-hybridized carbons (Fsp3) is 0.895. The quantitative estimate of drug-likeness (QED) is 0.0321. The maximum atomic E-state index is 12.4. The van der Waals surface area contributed by atoms with Crippen molar-refractivity contribution in [3.05, 3.63) is 24.3 Å². The number of nitrogens with one attached hydrogen (secondary N) is 1. The molecule has 0 saturated carbocycles. The highest BCUT2D eigenvalue weighted by Crippen LogP contribution is 2.17. The van der Waals surface area contributed by atoms with Crippen LogP contribution < -0.4 is 5.32 Å². The van der Waals surface area contributed by atoms with Gasteiger partial charge in [-0.3, -0.25) is 9.59 Å². The van der Waals surface area contributed by atoms with Crippen molar-refractivity contribution in [1.29, 1.82) is 0 Å². The summed E-state index contributed by atoms with van der Waals surface area (Å²) in [5.41, 5.74) is 0. The molecule has 0 aliphatic carbocycles. The summed E-state index contributed by atoms with van der Waals surface area (Å²) in [4.78, 5) is 24.5. The minimum Gasteiger partial charge on any atom is -0.466 e. The van der Waals surface area contributed by atoms with E-state index < -0.39 is 12.1 Å². The molecule has 2 unspecified atom stereocenters. The van der Waals surface area contributed by atoms with Crippen LogP contribution in [0.4, 0.5) is 0 Å². The van der Waals surface area contributed by atoms with Gasteiger partial charge < -0.3 is 20.3 Å². The molecule has 0 aromatic heterocycles. The maximum absolute atomic E-state index is 12.4. The molecule has 0 aromatic carbocycles. The number of amides is 1. The molecule has 6 nitrogen and oxygen atoms in total. The Morgan fingerprint density at radius 2 is 0.810 bits per heavy atom. The Hall–Kier alpha value is -1.66. The third-order valence-corrected chi connectivity index (χ3v) is 13.0. The molecular formula is C57H109NO5. The van der Waals surface area contributed by atoms with Gasteiger partial charge in [0.25, 0.3) is 0 Å². The highest BCUT2D eigenvalue weighted by molar-refractivity contribution is 5.76. The summed E-state index contributed by atoms with van der Waals surface area (Å²) in [6.07, 6.45) is 63.2. The van der Waals surface area contributed by atoms with Gasteiger partial charge in [0, 0.05) is 12.8 Å². The number of allylic oxidation sites excluding steroid dienone is 4. The number of unbranched alkanes of at least 4 members (excludes halogenated alkanes) is 37. The van der Waals surface area contributed by atoms with E-state index in [-0.39, 0.29) is 18.5 Å². The topological polar surface area (TPSA) is 95.9 Å². The summed E-state index contributed by atoms with van der Waals surface area (Å²) in [5.74, 6) is -0.127. The van der Waals surface area contributed by atoms with E-state index in [1.807, 2.05) is 6.08 Å². The van der Waals surface area contributed by atoms with E-state index in [1.165, 1.54) is 212 Å². The Balaban J connectivity index is 3.50. The minimum atomic E-state index is -0.698. The predicted molar refractivity (Wildman–Crippen MR) is 273 cm³/mol. The zero-order valence-corrected chi connectivity index (χ0v) is 42.3. The van der Waals surface area contributed by atoms with Crippen LogP contribution in [0.5, 0.6) is 0 Å². The first-order chi connectivity index (χ1) is 31.0. The first-order valence-electron chi connectivity index (χ1n) is 28.1. The van der Waals surface area contributed by atoms with Crippen molar-refractivity contribution in [2.75, 3.05) is 13.2 Å². The fourth-order valence-electron chi connectivity index (χ4n) is 8.69. The number of ether oxygens (including phenoxy) is 1. The lowest BCUT2D eigenvalue weighted by Gasteiger charge is -2.22. The molecule has 0 heterocycles. The molecule has 0 saturated heterocycles. The van der Waals surface area contributed by atoms with E-state index in [0.717, 1.165) is 51.4 Å². The average Bonchev–Trinajstić information content (AvgIpc) is 3.28. The number of hydrogen-bond acceptors (Lipinski definition) is 5. The van der Waals surface area contributed by atoms with Crippen LogP contribution in [0.1, 0.15) is 303 Å². The van der Waals surface area contributed by atoms with Crippen molar-refractivity contribution in [3.8, 4) is 0 Å². The molecule has 2 atom stereocenters. The van der Waals surface area contributed by atoms with E-state index in [1.54, 1.807) is 0 Å². The molecule has 0 spiro atoms. The molecule has 0 aliphatic rings. The van der Waals surface area contributed by atoms with E-state index in [4.69, 9.17) is 4.74 Å². The van der Waals surface area contributed by atoms with Gasteiger partial charge in [0.2, 0.25) is 5.91 Å². The molecule has 6 heteroatoms. The summed E-state index contributed by atoms with van der Waals surface area (Å²) in [5, 5.41) is 23.1. The molecule has 0 aromatic rings. The molecular weight excluding hydrogens is 779 g/mol. The van der Waals surface area contributed by atoms with E-state index in [0.29, 0.717) is 32.3 Å². The molecule has 0 fully saturated rings. The molecule has 372 valence electrons. The van der Waals surface area contributed by atoms with Crippen LogP contribution in [-0.2, 0) is 14.3 Å². The smallest absolute Gasteiger partial charge is 0.305 e. The first kappa shape index (κ1) is 61.3. The summed E-state index contributed by atoms with van der Waals surface area (Å²) in [6.45, 7) is 4.90. The molecule has 0 aliphatic heterocycles. The second kappa shape index (κ2) is 53.0. The Labute approximate surface area is 392 Å². The summed E-state index contributed by atoms with van der Waals surface area (Å²) >= 11 is 0. The third kappa shape index (κ3) is 49.6. The van der Waals surface area contributed by atoms with Crippen LogP contribution in [0.3, 0.4) is 0 Å². The van der Waals surface area contributed by atoms with Crippen LogP contribution in [0, 0.1) is 0 Å². The van der Waals surface area contributed by atoms with Gasteiger partial charge in [0.1, 0.15) is 0 Å². The molecule has 0 bridgehead atoms. The van der Waals surface area contributed by atoms with Gasteiger partial charge in [0.05, 0.1) is 25.4 Å². The second-order valence-electron chi connectivity index (χ2n) is 19.3. The number of hydrogen-bond donors (Lipinski definition) is 3. The lowest BCUT2D eigenvalue weighted by molar-refractivity contribution is -0.143. The van der Waals surface area contributed by atoms with Gasteiger partial charge in [-0.2, -0.15) is 0 Å². The number of esters is 1. The Kier molecular flexibility index (Phi) is 51.6. The summed E-state index contributed by atoms with van der Waals surface area (Å²) in [6, 6.07) is -0.584. The van der Waals surface area contributed by atoms with E-state index in [9.17, 15) is 19.8 Å². The Morgan fingerprint density at radius 3 is 1.24 bits per heavy atom. The van der Waals surface area contributed by atoms with Crippen LogP contribution in [0.2, 0.25) is 0 Å². The fourth-order valence-corrected chi connectivity index (χ4v) is 8.69. The largest absolute Gasteiger partial charge is 0.466 e. The van der Waals surface area contributed by atoms with Gasteiger partial charge >= 0.3 is 5.97 Å². The predicted octanol–water partition coefficient (Wildman–Crippen LogP) is 17.1. The molecule has 63 heavy (non-hydrogen) atoms. The van der Waals surface area contributed by atoms with Crippen LogP contribution in [0.15, 0.2) is 24.3 Å². The number of carbonyl (C=O) groups is 2. The maximum Gasteiger partial charge on any atom is 0.305 e. The van der Waals surface area contributed by atoms with Crippen molar-refractivity contribution in [1.82, 2.24) is 5.32 Å². The average molecular weight is 889 g/mol. The highest BCUT2D eigenvalue weighted by Gasteiger charge is 2.19. The zero-order chi connectivity index (χ0) is 45.8. The van der Waals surface area contributed by atoms with E-state index in [2.05, 4.69) is 37.4 Å². The zero-order valence-electron chi connectivity index (χ0n) is 42.3. The van der Waals surface area contributed by atoms with Crippen molar-refractivity contribution in [3.63, 3.8) is 0 Å². The molecule has 3 N–H and O–H groups in total. The summed E-state index contributed by atoms with van der Waals surface area (Å²) < 4.78 is 5.47. The highest BCUT2D eigenvalue weighted by atomic mass is 16.5. The molecule has 0 radical (unpaired) electrons. The molecule has 1 amide bonds. The normalized spacial score (nSPS) is 12.8. The minimum absolute atomic E-state index is 0.0121. The Bertz CT molecular complexity index is 982.